The van der Waals surface area contributed by atoms with Crippen LogP contribution >= 0.6 is 0 Å². The molecule has 1 aromatic heterocycles. The Kier molecular flexibility index (Phi) is 7.98. The predicted octanol–water partition coefficient (Wildman–Crippen LogP) is 8.14. The average Bonchev–Trinajstić information content (AvgIpc) is 3.37. The molecule has 0 spiro atoms. The van der Waals surface area contributed by atoms with E-state index in [4.69, 9.17) is 14.5 Å². The number of hydrogen-bond acceptors (Lipinski definition) is 4. The lowest BCUT2D eigenvalue weighted by Gasteiger charge is -2.15. The molecule has 5 rings (SSSR count). The molecule has 5 nitrogen and oxygen atoms in total. The highest BCUT2D eigenvalue weighted by Gasteiger charge is 2.19. The third kappa shape index (κ3) is 5.83. The van der Waals surface area contributed by atoms with Crippen LogP contribution in [0.4, 0.5) is 5.69 Å². The molecule has 194 valence electrons. The van der Waals surface area contributed by atoms with Crippen LogP contribution in [-0.2, 0) is 4.74 Å². The van der Waals surface area contributed by atoms with Crippen molar-refractivity contribution in [1.82, 2.24) is 4.57 Å². The minimum absolute atomic E-state index is 0.327. The lowest BCUT2D eigenvalue weighted by atomic mass is 10.1. The molecule has 0 aliphatic heterocycles. The molecule has 1 heterocycles. The van der Waals surface area contributed by atoms with E-state index in [-0.39, 0.29) is 5.97 Å². The van der Waals surface area contributed by atoms with Gasteiger partial charge in [0.15, 0.2) is 0 Å². The molecule has 0 saturated carbocycles. The van der Waals surface area contributed by atoms with E-state index in [1.807, 2.05) is 73.8 Å². The summed E-state index contributed by atoms with van der Waals surface area (Å²) in [6, 6.07) is 38.1. The van der Waals surface area contributed by atoms with Crippen molar-refractivity contribution in [3.8, 4) is 34.0 Å². The van der Waals surface area contributed by atoms with Crippen LogP contribution in [0.15, 0.2) is 120 Å². The second kappa shape index (κ2) is 12.1. The molecule has 0 bridgehead atoms. The van der Waals surface area contributed by atoms with Crippen LogP contribution in [0.25, 0.3) is 28.2 Å². The SMILES string of the molecule is CCOC(=O)c1cccc(N=Cc2cc(-c3ccccc3)n(-c3ccc(OCC)cc3)c2-c2ccccc2)c1. The number of esters is 1. The normalized spacial score (nSPS) is 11.0. The van der Waals surface area contributed by atoms with Gasteiger partial charge in [-0.1, -0.05) is 66.7 Å². The fourth-order valence-corrected chi connectivity index (χ4v) is 4.54. The quantitative estimate of drug-likeness (QED) is 0.147. The molecule has 0 aliphatic carbocycles. The lowest BCUT2D eigenvalue weighted by molar-refractivity contribution is 0.0526. The highest BCUT2D eigenvalue weighted by Crippen LogP contribution is 2.36. The predicted molar refractivity (Wildman–Crippen MR) is 157 cm³/mol. The number of carbonyl (C=O) groups excluding carboxylic acids is 1. The Hall–Kier alpha value is -4.90. The van der Waals surface area contributed by atoms with Gasteiger partial charge in [0.1, 0.15) is 5.75 Å². The number of aromatic nitrogens is 1. The van der Waals surface area contributed by atoms with Gasteiger partial charge >= 0.3 is 5.97 Å². The zero-order chi connectivity index (χ0) is 27.0. The maximum absolute atomic E-state index is 12.3. The molecule has 0 atom stereocenters. The molecule has 0 aliphatic rings. The number of benzene rings is 4. The molecule has 0 N–H and O–H groups in total. The number of hydrogen-bond donors (Lipinski definition) is 0. The lowest BCUT2D eigenvalue weighted by Crippen LogP contribution is -2.03. The van der Waals surface area contributed by atoms with Crippen LogP contribution in [0.3, 0.4) is 0 Å². The Balaban J connectivity index is 1.68. The van der Waals surface area contributed by atoms with Crippen molar-refractivity contribution in [3.05, 3.63) is 126 Å². The van der Waals surface area contributed by atoms with E-state index in [1.54, 1.807) is 19.1 Å². The zero-order valence-corrected chi connectivity index (χ0v) is 22.1. The van der Waals surface area contributed by atoms with Crippen molar-refractivity contribution in [3.63, 3.8) is 0 Å². The molecule has 0 saturated heterocycles. The van der Waals surface area contributed by atoms with Gasteiger partial charge in [0.05, 0.1) is 35.9 Å². The van der Waals surface area contributed by atoms with E-state index < -0.39 is 0 Å². The van der Waals surface area contributed by atoms with E-state index >= 15 is 0 Å². The van der Waals surface area contributed by atoms with Crippen molar-refractivity contribution in [1.29, 1.82) is 0 Å². The second-order valence-electron chi connectivity index (χ2n) is 8.86. The molecule has 0 unspecified atom stereocenters. The molecular formula is C34H30N2O3. The third-order valence-electron chi connectivity index (χ3n) is 6.26. The van der Waals surface area contributed by atoms with Crippen LogP contribution in [0.2, 0.25) is 0 Å². The first kappa shape index (κ1) is 25.7. The van der Waals surface area contributed by atoms with Crippen molar-refractivity contribution in [2.75, 3.05) is 13.2 Å². The molecule has 39 heavy (non-hydrogen) atoms. The molecule has 0 fully saturated rings. The maximum atomic E-state index is 12.3. The summed E-state index contributed by atoms with van der Waals surface area (Å²) >= 11 is 0. The van der Waals surface area contributed by atoms with Gasteiger partial charge in [-0.2, -0.15) is 0 Å². The summed E-state index contributed by atoms with van der Waals surface area (Å²) in [6.45, 7) is 4.72. The zero-order valence-electron chi connectivity index (χ0n) is 22.1. The van der Waals surface area contributed by atoms with Crippen molar-refractivity contribution >= 4 is 17.9 Å². The molecule has 5 aromatic rings. The van der Waals surface area contributed by atoms with E-state index in [0.717, 1.165) is 39.5 Å². The van der Waals surface area contributed by atoms with Crippen molar-refractivity contribution in [2.24, 2.45) is 4.99 Å². The smallest absolute Gasteiger partial charge is 0.338 e. The molecule has 4 aromatic carbocycles. The van der Waals surface area contributed by atoms with Crippen molar-refractivity contribution < 1.29 is 14.3 Å². The van der Waals surface area contributed by atoms with Gasteiger partial charge in [0.2, 0.25) is 0 Å². The molecule has 0 radical (unpaired) electrons. The van der Waals surface area contributed by atoms with Crippen LogP contribution in [0.1, 0.15) is 29.8 Å². The monoisotopic (exact) mass is 514 g/mol. The van der Waals surface area contributed by atoms with Gasteiger partial charge in [-0.05, 0) is 73.5 Å². The largest absolute Gasteiger partial charge is 0.494 e. The maximum Gasteiger partial charge on any atom is 0.338 e. The van der Waals surface area contributed by atoms with Gasteiger partial charge in [-0.25, -0.2) is 4.79 Å². The number of nitrogens with zero attached hydrogens (tertiary/aromatic N) is 2. The van der Waals surface area contributed by atoms with E-state index in [1.165, 1.54) is 0 Å². The summed E-state index contributed by atoms with van der Waals surface area (Å²) in [7, 11) is 0. The first-order chi connectivity index (χ1) is 19.2. The number of ether oxygens (including phenoxy) is 2. The number of aliphatic imine (C=N–C) groups is 1. The van der Waals surface area contributed by atoms with Gasteiger partial charge in [-0.3, -0.25) is 4.99 Å². The van der Waals surface area contributed by atoms with Crippen LogP contribution < -0.4 is 4.74 Å². The molecular weight excluding hydrogens is 484 g/mol. The number of carbonyl (C=O) groups is 1. The van der Waals surface area contributed by atoms with Gasteiger partial charge in [0, 0.05) is 17.5 Å². The fraction of sp³-hybridized carbons (Fsp3) is 0.118. The Bertz CT molecular complexity index is 1570. The minimum Gasteiger partial charge on any atom is -0.494 e. The first-order valence-electron chi connectivity index (χ1n) is 13.1. The van der Waals surface area contributed by atoms with E-state index in [0.29, 0.717) is 24.5 Å². The summed E-state index contributed by atoms with van der Waals surface area (Å²) in [5.74, 6) is 0.478. The minimum atomic E-state index is -0.354. The van der Waals surface area contributed by atoms with Crippen molar-refractivity contribution in [2.45, 2.75) is 13.8 Å². The summed E-state index contributed by atoms with van der Waals surface area (Å²) in [4.78, 5) is 17.0. The van der Waals surface area contributed by atoms with Crippen LogP contribution in [0, 0.1) is 0 Å². The highest BCUT2D eigenvalue weighted by atomic mass is 16.5. The van der Waals surface area contributed by atoms with Gasteiger partial charge in [0.25, 0.3) is 0 Å². The van der Waals surface area contributed by atoms with Gasteiger partial charge < -0.3 is 14.0 Å². The molecule has 5 heteroatoms. The fourth-order valence-electron chi connectivity index (χ4n) is 4.54. The first-order valence-corrected chi connectivity index (χ1v) is 13.1. The van der Waals surface area contributed by atoms with Gasteiger partial charge in [-0.15, -0.1) is 0 Å². The Morgan fingerprint density at radius 3 is 2.13 bits per heavy atom. The van der Waals surface area contributed by atoms with Crippen LogP contribution in [0.5, 0.6) is 5.75 Å². The standard InChI is InChI=1S/C34H30N2O3/c1-3-38-31-20-18-30(19-21-31)36-32(25-12-7-5-8-13-25)23-28(33(36)26-14-9-6-10-15-26)24-35-29-17-11-16-27(22-29)34(37)39-4-2/h5-24H,3-4H2,1-2H3. The summed E-state index contributed by atoms with van der Waals surface area (Å²) in [5.41, 5.74) is 7.34. The van der Waals surface area contributed by atoms with E-state index in [2.05, 4.69) is 47.0 Å². The third-order valence-corrected chi connectivity index (χ3v) is 6.26. The summed E-state index contributed by atoms with van der Waals surface area (Å²) in [5, 5.41) is 0. The number of rotatable bonds is 9. The average molecular weight is 515 g/mol. The Morgan fingerprint density at radius 1 is 0.769 bits per heavy atom. The van der Waals surface area contributed by atoms with Crippen LogP contribution in [-0.4, -0.2) is 30.0 Å². The summed E-state index contributed by atoms with van der Waals surface area (Å²) in [6.07, 6.45) is 1.87. The Labute approximate surface area is 229 Å². The highest BCUT2D eigenvalue weighted by molar-refractivity contribution is 5.95. The molecule has 0 amide bonds. The topological polar surface area (TPSA) is 52.8 Å². The summed E-state index contributed by atoms with van der Waals surface area (Å²) < 4.78 is 13.1. The Morgan fingerprint density at radius 2 is 1.46 bits per heavy atom. The second-order valence-corrected chi connectivity index (χ2v) is 8.86. The van der Waals surface area contributed by atoms with E-state index in [9.17, 15) is 4.79 Å².